The summed E-state index contributed by atoms with van der Waals surface area (Å²) in [5.74, 6) is 0.312. The normalized spacial score (nSPS) is 23.2. The molecule has 0 bridgehead atoms. The minimum atomic E-state index is -0.0998. The van der Waals surface area contributed by atoms with Gasteiger partial charge in [-0.25, -0.2) is 0 Å². The SMILES string of the molecule is Cl.NCC1CCCC1NC(=O)c1cc(Cl)c[nH]1. The number of hydrogen-bond donors (Lipinski definition) is 3. The molecule has 2 atom stereocenters. The molecule has 1 aromatic heterocycles. The van der Waals surface area contributed by atoms with E-state index in [4.69, 9.17) is 17.3 Å². The molecule has 0 radical (unpaired) electrons. The minimum absolute atomic E-state index is 0. The van der Waals surface area contributed by atoms with Gasteiger partial charge in [-0.05, 0) is 31.4 Å². The number of aromatic amines is 1. The maximum Gasteiger partial charge on any atom is 0.267 e. The van der Waals surface area contributed by atoms with Crippen LogP contribution in [0.5, 0.6) is 0 Å². The average Bonchev–Trinajstić information content (AvgIpc) is 2.86. The number of H-pyrrole nitrogens is 1. The predicted molar refractivity (Wildman–Crippen MR) is 70.7 cm³/mol. The molecule has 17 heavy (non-hydrogen) atoms. The maximum absolute atomic E-state index is 11.8. The number of carbonyl (C=O) groups excluding carboxylic acids is 1. The van der Waals surface area contributed by atoms with Gasteiger partial charge in [-0.2, -0.15) is 0 Å². The minimum Gasteiger partial charge on any atom is -0.356 e. The second-order valence-corrected chi connectivity index (χ2v) is 4.67. The lowest BCUT2D eigenvalue weighted by Gasteiger charge is -2.18. The maximum atomic E-state index is 11.8. The Morgan fingerprint density at radius 1 is 1.59 bits per heavy atom. The molecule has 1 saturated carbocycles. The third-order valence-corrected chi connectivity index (χ3v) is 3.39. The summed E-state index contributed by atoms with van der Waals surface area (Å²) >= 11 is 5.75. The largest absolute Gasteiger partial charge is 0.356 e. The number of carbonyl (C=O) groups is 1. The van der Waals surface area contributed by atoms with E-state index in [0.29, 0.717) is 23.2 Å². The standard InChI is InChI=1S/C11H16ClN3O.ClH/c12-8-4-10(14-6-8)11(16)15-9-3-1-2-7(9)5-13;/h4,6-7,9,14H,1-3,5,13H2,(H,15,16);1H. The van der Waals surface area contributed by atoms with Gasteiger partial charge in [-0.3, -0.25) is 4.79 Å². The molecule has 1 amide bonds. The summed E-state index contributed by atoms with van der Waals surface area (Å²) < 4.78 is 0. The van der Waals surface area contributed by atoms with Crippen LogP contribution < -0.4 is 11.1 Å². The van der Waals surface area contributed by atoms with Gasteiger partial charge in [0.05, 0.1) is 5.02 Å². The van der Waals surface area contributed by atoms with Gasteiger partial charge in [-0.1, -0.05) is 18.0 Å². The molecule has 1 heterocycles. The average molecular weight is 278 g/mol. The number of halogens is 2. The summed E-state index contributed by atoms with van der Waals surface area (Å²) in [6.07, 6.45) is 4.86. The summed E-state index contributed by atoms with van der Waals surface area (Å²) in [7, 11) is 0. The summed E-state index contributed by atoms with van der Waals surface area (Å²) in [4.78, 5) is 14.7. The van der Waals surface area contributed by atoms with Gasteiger partial charge in [0, 0.05) is 12.2 Å². The van der Waals surface area contributed by atoms with Crippen LogP contribution >= 0.6 is 24.0 Å². The van der Waals surface area contributed by atoms with E-state index in [1.54, 1.807) is 12.3 Å². The van der Waals surface area contributed by atoms with Crippen molar-refractivity contribution in [2.24, 2.45) is 11.7 Å². The zero-order chi connectivity index (χ0) is 11.5. The number of nitrogens with one attached hydrogen (secondary N) is 2. The highest BCUT2D eigenvalue weighted by Gasteiger charge is 2.27. The summed E-state index contributed by atoms with van der Waals surface area (Å²) in [6, 6.07) is 1.84. The molecule has 6 heteroatoms. The highest BCUT2D eigenvalue weighted by Crippen LogP contribution is 2.24. The fourth-order valence-corrected chi connectivity index (χ4v) is 2.42. The fourth-order valence-electron chi connectivity index (χ4n) is 2.25. The highest BCUT2D eigenvalue weighted by molar-refractivity contribution is 6.30. The first-order valence-corrected chi connectivity index (χ1v) is 5.93. The lowest BCUT2D eigenvalue weighted by atomic mass is 10.0. The predicted octanol–water partition coefficient (Wildman–Crippen LogP) is 1.95. The number of hydrogen-bond acceptors (Lipinski definition) is 2. The van der Waals surface area contributed by atoms with Crippen molar-refractivity contribution in [1.29, 1.82) is 0 Å². The van der Waals surface area contributed by atoms with Crippen molar-refractivity contribution < 1.29 is 4.79 Å². The lowest BCUT2D eigenvalue weighted by molar-refractivity contribution is 0.0924. The quantitative estimate of drug-likeness (QED) is 0.790. The number of aromatic nitrogens is 1. The summed E-state index contributed by atoms with van der Waals surface area (Å²) in [5, 5.41) is 3.55. The Hall–Kier alpha value is -0.710. The lowest BCUT2D eigenvalue weighted by Crippen LogP contribution is -2.39. The molecule has 4 N–H and O–H groups in total. The summed E-state index contributed by atoms with van der Waals surface area (Å²) in [5.41, 5.74) is 6.17. The Morgan fingerprint density at radius 3 is 2.94 bits per heavy atom. The monoisotopic (exact) mass is 277 g/mol. The zero-order valence-electron chi connectivity index (χ0n) is 9.41. The van der Waals surface area contributed by atoms with Crippen LogP contribution in [0.25, 0.3) is 0 Å². The van der Waals surface area contributed by atoms with Crippen LogP contribution in [0.1, 0.15) is 29.8 Å². The highest BCUT2D eigenvalue weighted by atomic mass is 35.5. The molecule has 2 rings (SSSR count). The van der Waals surface area contributed by atoms with Gasteiger partial charge < -0.3 is 16.0 Å². The molecule has 0 aliphatic heterocycles. The molecule has 96 valence electrons. The van der Waals surface area contributed by atoms with E-state index >= 15 is 0 Å². The first kappa shape index (κ1) is 14.4. The molecule has 4 nitrogen and oxygen atoms in total. The van der Waals surface area contributed by atoms with Crippen molar-refractivity contribution >= 4 is 29.9 Å². The van der Waals surface area contributed by atoms with Gasteiger partial charge in [0.25, 0.3) is 5.91 Å². The van der Waals surface area contributed by atoms with Crippen LogP contribution in [0.15, 0.2) is 12.3 Å². The van der Waals surface area contributed by atoms with Gasteiger partial charge in [0.2, 0.25) is 0 Å². The first-order chi connectivity index (χ1) is 7.70. The molecule has 1 aliphatic carbocycles. The molecule has 2 unspecified atom stereocenters. The number of amides is 1. The second kappa shape index (κ2) is 6.28. The van der Waals surface area contributed by atoms with Gasteiger partial charge >= 0.3 is 0 Å². The molecule has 1 aliphatic rings. The smallest absolute Gasteiger partial charge is 0.267 e. The van der Waals surface area contributed by atoms with Crippen LogP contribution in [-0.2, 0) is 0 Å². The zero-order valence-corrected chi connectivity index (χ0v) is 11.0. The van der Waals surface area contributed by atoms with Crippen molar-refractivity contribution in [2.75, 3.05) is 6.54 Å². The topological polar surface area (TPSA) is 70.9 Å². The Morgan fingerprint density at radius 2 is 2.35 bits per heavy atom. The molecule has 1 fully saturated rings. The molecular weight excluding hydrogens is 261 g/mol. The fraction of sp³-hybridized carbons (Fsp3) is 0.545. The van der Waals surface area contributed by atoms with E-state index in [0.717, 1.165) is 19.3 Å². The van der Waals surface area contributed by atoms with Crippen LogP contribution in [-0.4, -0.2) is 23.5 Å². The van der Waals surface area contributed by atoms with E-state index in [1.165, 1.54) is 0 Å². The van der Waals surface area contributed by atoms with E-state index < -0.39 is 0 Å². The van der Waals surface area contributed by atoms with Crippen molar-refractivity contribution in [2.45, 2.75) is 25.3 Å². The first-order valence-electron chi connectivity index (χ1n) is 5.55. The van der Waals surface area contributed by atoms with Crippen molar-refractivity contribution in [3.8, 4) is 0 Å². The molecular formula is C11H17Cl2N3O. The van der Waals surface area contributed by atoms with Crippen molar-refractivity contribution in [3.63, 3.8) is 0 Å². The van der Waals surface area contributed by atoms with E-state index in [1.807, 2.05) is 0 Å². The van der Waals surface area contributed by atoms with Gasteiger partial charge in [0.1, 0.15) is 5.69 Å². The third kappa shape index (κ3) is 3.37. The summed E-state index contributed by atoms with van der Waals surface area (Å²) in [6.45, 7) is 0.635. The third-order valence-electron chi connectivity index (χ3n) is 3.17. The van der Waals surface area contributed by atoms with Crippen LogP contribution in [0.3, 0.4) is 0 Å². The molecule has 0 spiro atoms. The van der Waals surface area contributed by atoms with E-state index in [2.05, 4.69) is 10.3 Å². The Labute approximate surface area is 112 Å². The Bertz CT molecular complexity index is 381. The van der Waals surface area contributed by atoms with E-state index in [9.17, 15) is 4.79 Å². The molecule has 0 aromatic carbocycles. The van der Waals surface area contributed by atoms with E-state index in [-0.39, 0.29) is 24.4 Å². The van der Waals surface area contributed by atoms with Gasteiger partial charge in [0.15, 0.2) is 0 Å². The van der Waals surface area contributed by atoms with Crippen LogP contribution in [0.2, 0.25) is 5.02 Å². The van der Waals surface area contributed by atoms with Crippen LogP contribution in [0, 0.1) is 5.92 Å². The Kier molecular flexibility index (Phi) is 5.31. The van der Waals surface area contributed by atoms with Crippen LogP contribution in [0.4, 0.5) is 0 Å². The van der Waals surface area contributed by atoms with Gasteiger partial charge in [-0.15, -0.1) is 12.4 Å². The van der Waals surface area contributed by atoms with Crippen molar-refractivity contribution in [3.05, 3.63) is 23.0 Å². The molecule has 0 saturated heterocycles. The second-order valence-electron chi connectivity index (χ2n) is 4.24. The molecule has 1 aromatic rings. The number of nitrogens with two attached hydrogens (primary N) is 1. The Balaban J connectivity index is 0.00000144. The number of rotatable bonds is 3. The van der Waals surface area contributed by atoms with Crippen molar-refractivity contribution in [1.82, 2.24) is 10.3 Å².